The summed E-state index contributed by atoms with van der Waals surface area (Å²) in [6.07, 6.45) is 8.91. The Kier molecular flexibility index (Phi) is 2.39. The number of benzene rings is 1. The second-order valence-electron chi connectivity index (χ2n) is 7.51. The number of fused-ring (bicyclic) bond motifs is 1. The molecule has 0 saturated heterocycles. The lowest BCUT2D eigenvalue weighted by atomic mass is 9.55. The Balaban J connectivity index is 1.39. The molecule has 20 heavy (non-hydrogen) atoms. The van der Waals surface area contributed by atoms with E-state index in [1.807, 2.05) is 0 Å². The van der Waals surface area contributed by atoms with E-state index in [9.17, 15) is 0 Å². The molecule has 6 rings (SSSR count). The molecule has 2 heteroatoms. The van der Waals surface area contributed by atoms with Gasteiger partial charge in [-0.1, -0.05) is 0 Å². The fourth-order valence-corrected chi connectivity index (χ4v) is 5.58. The fourth-order valence-electron chi connectivity index (χ4n) is 5.58. The summed E-state index contributed by atoms with van der Waals surface area (Å²) in [6.45, 7) is 1.08. The van der Waals surface area contributed by atoms with Crippen LogP contribution in [0.25, 0.3) is 0 Å². The van der Waals surface area contributed by atoms with Gasteiger partial charge >= 0.3 is 0 Å². The van der Waals surface area contributed by atoms with Crippen molar-refractivity contribution in [2.75, 3.05) is 11.9 Å². The Hall–Kier alpha value is -1.18. The number of ether oxygens (including phenoxy) is 1. The van der Waals surface area contributed by atoms with Crippen LogP contribution in [-0.2, 0) is 6.42 Å². The molecular formula is C18H23NO. The first-order valence-electron chi connectivity index (χ1n) is 8.38. The lowest BCUT2D eigenvalue weighted by Crippen LogP contribution is -2.50. The molecule has 1 aromatic rings. The van der Waals surface area contributed by atoms with Crippen LogP contribution in [-0.4, -0.2) is 12.6 Å². The minimum absolute atomic E-state index is 0.509. The van der Waals surface area contributed by atoms with E-state index in [4.69, 9.17) is 4.74 Å². The Bertz CT molecular complexity index is 510. The van der Waals surface area contributed by atoms with Gasteiger partial charge in [0, 0.05) is 12.2 Å². The zero-order valence-corrected chi connectivity index (χ0v) is 12.0. The molecule has 0 aromatic heterocycles. The lowest BCUT2D eigenvalue weighted by Gasteiger charge is -2.53. The summed E-state index contributed by atoms with van der Waals surface area (Å²) >= 11 is 0. The zero-order chi connectivity index (χ0) is 13.1. The van der Waals surface area contributed by atoms with Crippen molar-refractivity contribution in [2.45, 2.75) is 44.6 Å². The summed E-state index contributed by atoms with van der Waals surface area (Å²) in [7, 11) is 0. The van der Waals surface area contributed by atoms with Gasteiger partial charge in [-0.2, -0.15) is 0 Å². The first kappa shape index (κ1) is 11.5. The highest BCUT2D eigenvalue weighted by Crippen LogP contribution is 2.54. The van der Waals surface area contributed by atoms with Crippen molar-refractivity contribution >= 4 is 5.69 Å². The van der Waals surface area contributed by atoms with E-state index >= 15 is 0 Å². The van der Waals surface area contributed by atoms with E-state index in [1.165, 1.54) is 43.4 Å². The quantitative estimate of drug-likeness (QED) is 0.880. The van der Waals surface area contributed by atoms with Crippen LogP contribution in [0.2, 0.25) is 0 Å². The average molecular weight is 269 g/mol. The van der Waals surface area contributed by atoms with Crippen molar-refractivity contribution in [3.8, 4) is 5.75 Å². The summed E-state index contributed by atoms with van der Waals surface area (Å²) < 4.78 is 6.49. The molecule has 106 valence electrons. The van der Waals surface area contributed by atoms with Gasteiger partial charge < -0.3 is 10.1 Å². The third kappa shape index (κ3) is 1.70. The lowest BCUT2D eigenvalue weighted by molar-refractivity contribution is -0.0789. The molecule has 0 radical (unpaired) electrons. The van der Waals surface area contributed by atoms with Crippen molar-refractivity contribution in [1.82, 2.24) is 0 Å². The molecule has 4 saturated carbocycles. The summed E-state index contributed by atoms with van der Waals surface area (Å²) in [5.41, 5.74) is 2.74. The second kappa shape index (κ2) is 4.16. The third-order valence-electron chi connectivity index (χ3n) is 6.20. The first-order valence-corrected chi connectivity index (χ1v) is 8.38. The minimum Gasteiger partial charge on any atom is -0.490 e. The summed E-state index contributed by atoms with van der Waals surface area (Å²) in [6, 6.07) is 6.65. The molecule has 4 fully saturated rings. The molecule has 0 amide bonds. The van der Waals surface area contributed by atoms with Crippen molar-refractivity contribution in [3.05, 3.63) is 23.8 Å². The van der Waals surface area contributed by atoms with Gasteiger partial charge in [0.1, 0.15) is 11.9 Å². The molecule has 0 unspecified atom stereocenters. The van der Waals surface area contributed by atoms with Gasteiger partial charge in [-0.25, -0.2) is 0 Å². The summed E-state index contributed by atoms with van der Waals surface area (Å²) in [5.74, 6) is 4.86. The Morgan fingerprint density at radius 1 is 0.950 bits per heavy atom. The predicted molar refractivity (Wildman–Crippen MR) is 80.1 cm³/mol. The Morgan fingerprint density at radius 3 is 2.45 bits per heavy atom. The van der Waals surface area contributed by atoms with Gasteiger partial charge in [0.05, 0.1) is 0 Å². The van der Waals surface area contributed by atoms with Crippen LogP contribution >= 0.6 is 0 Å². The molecule has 0 spiro atoms. The molecule has 4 bridgehead atoms. The maximum Gasteiger partial charge on any atom is 0.120 e. The van der Waals surface area contributed by atoms with Gasteiger partial charge in [0.2, 0.25) is 0 Å². The van der Waals surface area contributed by atoms with Crippen molar-refractivity contribution in [1.29, 1.82) is 0 Å². The molecule has 1 N–H and O–H groups in total. The number of hydrogen-bond donors (Lipinski definition) is 1. The van der Waals surface area contributed by atoms with Crippen molar-refractivity contribution in [2.24, 2.45) is 23.7 Å². The summed E-state index contributed by atoms with van der Waals surface area (Å²) in [4.78, 5) is 0. The minimum atomic E-state index is 0.509. The molecule has 1 aliphatic heterocycles. The topological polar surface area (TPSA) is 21.3 Å². The van der Waals surface area contributed by atoms with Crippen LogP contribution in [0.15, 0.2) is 18.2 Å². The molecule has 0 atom stereocenters. The number of anilines is 1. The average Bonchev–Trinajstić information content (AvgIpc) is 2.89. The van der Waals surface area contributed by atoms with Gasteiger partial charge in [0.25, 0.3) is 0 Å². The van der Waals surface area contributed by atoms with Crippen LogP contribution in [0.1, 0.15) is 37.7 Å². The van der Waals surface area contributed by atoms with E-state index in [2.05, 4.69) is 23.5 Å². The van der Waals surface area contributed by atoms with E-state index < -0.39 is 0 Å². The van der Waals surface area contributed by atoms with E-state index in [1.54, 1.807) is 0 Å². The van der Waals surface area contributed by atoms with Gasteiger partial charge in [-0.05, 0) is 86.0 Å². The Morgan fingerprint density at radius 2 is 1.70 bits per heavy atom. The van der Waals surface area contributed by atoms with Crippen LogP contribution < -0.4 is 10.1 Å². The standard InChI is InChI=1S/C18H23NO/c1-2-17-13(3-4-19-17)10-16(1)20-18-14-6-11-5-12(8-14)9-15(18)7-11/h1-2,10-12,14-15,18-19H,3-9H2. The maximum atomic E-state index is 6.49. The monoisotopic (exact) mass is 269 g/mol. The van der Waals surface area contributed by atoms with Crippen LogP contribution in [0, 0.1) is 23.7 Å². The SMILES string of the molecule is c1cc2c(cc1OC1C3CC4CC(C3)CC1C4)CCN2. The fraction of sp³-hybridized carbons (Fsp3) is 0.667. The molecular weight excluding hydrogens is 246 g/mol. The molecule has 1 heterocycles. The maximum absolute atomic E-state index is 6.49. The van der Waals surface area contributed by atoms with Gasteiger partial charge in [-0.3, -0.25) is 0 Å². The highest BCUT2D eigenvalue weighted by Gasteiger charge is 2.49. The third-order valence-corrected chi connectivity index (χ3v) is 6.20. The largest absolute Gasteiger partial charge is 0.490 e. The first-order chi connectivity index (χ1) is 9.85. The van der Waals surface area contributed by atoms with Crippen molar-refractivity contribution < 1.29 is 4.74 Å². The smallest absolute Gasteiger partial charge is 0.120 e. The molecule has 1 aromatic carbocycles. The number of hydrogen-bond acceptors (Lipinski definition) is 2. The summed E-state index contributed by atoms with van der Waals surface area (Å²) in [5, 5.41) is 3.43. The predicted octanol–water partition coefficient (Wildman–Crippen LogP) is 3.86. The van der Waals surface area contributed by atoms with Crippen molar-refractivity contribution in [3.63, 3.8) is 0 Å². The van der Waals surface area contributed by atoms with Crippen LogP contribution in [0.3, 0.4) is 0 Å². The van der Waals surface area contributed by atoms with Crippen LogP contribution in [0.4, 0.5) is 5.69 Å². The highest BCUT2D eigenvalue weighted by molar-refractivity contribution is 5.57. The molecule has 4 aliphatic carbocycles. The normalized spacial score (nSPS) is 40.5. The van der Waals surface area contributed by atoms with Crippen LogP contribution in [0.5, 0.6) is 5.75 Å². The van der Waals surface area contributed by atoms with Gasteiger partial charge in [0.15, 0.2) is 0 Å². The number of rotatable bonds is 2. The molecule has 5 aliphatic rings. The molecule has 2 nitrogen and oxygen atoms in total. The van der Waals surface area contributed by atoms with Gasteiger partial charge in [-0.15, -0.1) is 0 Å². The zero-order valence-electron chi connectivity index (χ0n) is 12.0. The number of nitrogens with one attached hydrogen (secondary N) is 1. The van der Waals surface area contributed by atoms with E-state index in [0.717, 1.165) is 42.4 Å². The Labute approximate surface area is 120 Å². The highest BCUT2D eigenvalue weighted by atomic mass is 16.5. The van der Waals surface area contributed by atoms with E-state index in [-0.39, 0.29) is 0 Å². The second-order valence-corrected chi connectivity index (χ2v) is 7.51. The van der Waals surface area contributed by atoms with E-state index in [0.29, 0.717) is 6.10 Å².